The summed E-state index contributed by atoms with van der Waals surface area (Å²) in [7, 11) is -16.0. The monoisotopic (exact) mass is 2040 g/mol. The molecule has 2 saturated heterocycles. The van der Waals surface area contributed by atoms with Gasteiger partial charge < -0.3 is 122 Å². The normalized spacial score (nSPS) is 18.5. The van der Waals surface area contributed by atoms with Crippen molar-refractivity contribution >= 4 is 114 Å². The summed E-state index contributed by atoms with van der Waals surface area (Å²) in [6.45, 7) is 12.5. The number of fused-ring (bicyclic) bond motifs is 2. The van der Waals surface area contributed by atoms with Crippen molar-refractivity contribution in [3.05, 3.63) is 158 Å². The van der Waals surface area contributed by atoms with Gasteiger partial charge in [-0.1, -0.05) is 73.1 Å². The minimum atomic E-state index is -5.23. The molecule has 7 aromatic rings. The smallest absolute Gasteiger partial charge is 0.455 e. The van der Waals surface area contributed by atoms with Crippen LogP contribution in [0.1, 0.15) is 111 Å². The third-order valence-electron chi connectivity index (χ3n) is 18.5. The Morgan fingerprint density at radius 1 is 0.691 bits per heavy atom. The van der Waals surface area contributed by atoms with Gasteiger partial charge in [0.25, 0.3) is 0 Å². The van der Waals surface area contributed by atoms with Gasteiger partial charge in [-0.15, -0.1) is 19.2 Å². The largest absolute Gasteiger partial charge is 0.694 e. The molecule has 61 nitrogen and oxygen atoms in total. The average Bonchev–Trinajstić information content (AvgIpc) is 1.62. The van der Waals surface area contributed by atoms with Crippen LogP contribution in [-0.2, 0) is 95.2 Å². The lowest BCUT2D eigenvalue weighted by atomic mass is 10.0. The molecule has 139 heavy (non-hydrogen) atoms. The van der Waals surface area contributed by atoms with Gasteiger partial charge in [0.15, 0.2) is 48.1 Å². The summed E-state index contributed by atoms with van der Waals surface area (Å²) in [6, 6.07) is 9.48. The number of alkyl carbamates (subject to hydrolysis) is 3. The molecule has 0 radical (unpaired) electrons. The molecule has 65 heteroatoms. The molecule has 2 aliphatic heterocycles. The lowest BCUT2D eigenvalue weighted by Gasteiger charge is -2.26. The fraction of sp³-hybridized carbons (Fsp3) is 0.514. The quantitative estimate of drug-likeness (QED) is 0.00381. The van der Waals surface area contributed by atoms with Gasteiger partial charge in [0, 0.05) is 55.8 Å². The van der Waals surface area contributed by atoms with E-state index in [0.29, 0.717) is 48.1 Å². The van der Waals surface area contributed by atoms with E-state index in [1.165, 1.54) is 71.7 Å². The molecule has 0 saturated carbocycles. The van der Waals surface area contributed by atoms with E-state index in [0.717, 1.165) is 15.5 Å². The van der Waals surface area contributed by atoms with Crippen LogP contribution in [-0.4, -0.2) is 270 Å². The summed E-state index contributed by atoms with van der Waals surface area (Å²) in [5, 5.41) is 72.4. The number of aliphatic hydroxyl groups excluding tert-OH is 5. The molecule has 2 fully saturated rings. The highest BCUT2D eigenvalue weighted by Crippen LogP contribution is 2.46. The first-order chi connectivity index (χ1) is 65.7. The predicted octanol–water partition coefficient (Wildman–Crippen LogP) is 3.05. The van der Waals surface area contributed by atoms with Gasteiger partial charge in [0.05, 0.1) is 51.6 Å². The summed E-state index contributed by atoms with van der Waals surface area (Å²) in [6.07, 6.45) is -4.81. The third-order valence-corrected chi connectivity index (χ3v) is 20.3. The fourth-order valence-electron chi connectivity index (χ4n) is 11.9. The number of phosphoric ester groups is 2. The van der Waals surface area contributed by atoms with Crippen molar-refractivity contribution in [1.82, 2.24) is 74.1 Å². The number of carbonyl (C=O) groups is 5. The first-order valence-corrected chi connectivity index (χ1v) is 46.2. The van der Waals surface area contributed by atoms with Gasteiger partial charge in [0.2, 0.25) is 0 Å². The SMILES string of the molecule is C=C/C(COC(=O)NCCCC[C@H](C)C(=O)OCC#N)=C(\C=C)N=[N+]=[N-].C[C@@H](O[C@H](CO)CO[P+](=O)O)n1ccc(N)nc1=O.C[C@@H](O[C@H](COP(=O)(O)O)COP(=O)(O)OC[C@H]1O[C@@H](n2cnc3c(N)ncnc32)[C@H](O)[C@@H]1OC(=O)[C@H](CCCCNC(=O)OCc1ccccc1N=[N+]=[N-])NC(=O)OC(C)(C)C)n1ccc(N)nc1=O.Nc1ncnc2c1ncn2[C@@H]1O[C@H](CO)[C@@H](O)[C@H]1O.O=[P+](O)O. The van der Waals surface area contributed by atoms with E-state index in [-0.39, 0.29) is 104 Å². The summed E-state index contributed by atoms with van der Waals surface area (Å²) >= 11 is 0. The van der Waals surface area contributed by atoms with Crippen molar-refractivity contribution in [2.45, 2.75) is 172 Å². The summed E-state index contributed by atoms with van der Waals surface area (Å²) in [5.41, 5.74) is 39.7. The molecule has 8 heterocycles. The number of nitrogen functional groups attached to an aromatic ring is 4. The maximum Gasteiger partial charge on any atom is 0.694 e. The van der Waals surface area contributed by atoms with Crippen LogP contribution in [0.3, 0.4) is 0 Å². The summed E-state index contributed by atoms with van der Waals surface area (Å²) in [4.78, 5) is 175. The second-order valence-corrected chi connectivity index (χ2v) is 33.6. The van der Waals surface area contributed by atoms with E-state index in [9.17, 15) is 77.3 Å². The number of nitrogens with two attached hydrogens (primary N) is 4. The Labute approximate surface area is 789 Å². The number of nitrogens with zero attached hydrogens (tertiary/aromatic N) is 19. The van der Waals surface area contributed by atoms with Crippen molar-refractivity contribution < 1.29 is 158 Å². The number of carbonyl (C=O) groups excluding carboxylic acids is 5. The number of imidazole rings is 2. The molecule has 2 aliphatic rings. The number of allylic oxidation sites excluding steroid dienone is 1. The van der Waals surface area contributed by atoms with E-state index in [2.05, 4.69) is 98.1 Å². The first kappa shape index (κ1) is 117. The van der Waals surface area contributed by atoms with Crippen LogP contribution in [0.15, 0.2) is 130 Å². The predicted molar refractivity (Wildman–Crippen MR) is 478 cm³/mol. The Morgan fingerprint density at radius 2 is 1.23 bits per heavy atom. The van der Waals surface area contributed by atoms with E-state index >= 15 is 0 Å². The zero-order valence-corrected chi connectivity index (χ0v) is 78.5. The van der Waals surface area contributed by atoms with E-state index in [1.807, 2.05) is 0 Å². The number of hydrogen-bond donors (Lipinski definition) is 18. The summed E-state index contributed by atoms with van der Waals surface area (Å²) < 4.78 is 117. The Bertz CT molecular complexity index is 5690. The van der Waals surface area contributed by atoms with Crippen molar-refractivity contribution in [3.63, 3.8) is 0 Å². The van der Waals surface area contributed by atoms with Crippen LogP contribution in [0.4, 0.5) is 43.3 Å². The van der Waals surface area contributed by atoms with Gasteiger partial charge in [0.1, 0.15) is 128 Å². The number of phosphoric acid groups is 2. The topological polar surface area (TPSA) is 915 Å². The minimum absolute atomic E-state index is 0.0290. The zero-order chi connectivity index (χ0) is 103. The molecule has 0 bridgehead atoms. The highest BCUT2D eigenvalue weighted by molar-refractivity contribution is 7.47. The van der Waals surface area contributed by atoms with Gasteiger partial charge in [-0.25, -0.2) is 67.8 Å². The van der Waals surface area contributed by atoms with E-state index < -0.39 is 192 Å². The van der Waals surface area contributed by atoms with Crippen molar-refractivity contribution in [1.29, 1.82) is 5.26 Å². The third kappa shape index (κ3) is 39.9. The second-order valence-electron chi connectivity index (χ2n) is 29.7. The molecule has 3 amide bonds. The number of aromatic nitrogens is 12. The molecule has 1 aromatic carbocycles. The fourth-order valence-corrected chi connectivity index (χ4v) is 13.3. The van der Waals surface area contributed by atoms with Crippen LogP contribution >= 0.6 is 32.2 Å². The van der Waals surface area contributed by atoms with Crippen LogP contribution in [0, 0.1) is 17.2 Å². The van der Waals surface area contributed by atoms with Crippen LogP contribution in [0.25, 0.3) is 43.2 Å². The van der Waals surface area contributed by atoms with Gasteiger partial charge in [-0.2, -0.15) is 15.2 Å². The van der Waals surface area contributed by atoms with Crippen LogP contribution in [0.5, 0.6) is 0 Å². The Kier molecular flexibility index (Phi) is 48.9. The number of aliphatic hydroxyl groups is 5. The van der Waals surface area contributed by atoms with Crippen molar-refractivity contribution in [2.75, 3.05) is 88.9 Å². The number of amides is 3. The minimum Gasteiger partial charge on any atom is -0.455 e. The number of benzene rings is 1. The number of ether oxygens (including phenoxy) is 9. The lowest BCUT2D eigenvalue weighted by Crippen LogP contribution is -2.47. The average molecular weight is 2040 g/mol. The van der Waals surface area contributed by atoms with Gasteiger partial charge in [-0.05, 0) is 101 Å². The molecule has 760 valence electrons. The van der Waals surface area contributed by atoms with E-state index in [1.54, 1.807) is 65.0 Å². The molecular weight excluding hydrogens is 1940 g/mol. The van der Waals surface area contributed by atoms with Gasteiger partial charge >= 0.3 is 73.8 Å². The van der Waals surface area contributed by atoms with Gasteiger partial charge in [-0.3, -0.25) is 36.6 Å². The Balaban J connectivity index is 0.000000400. The highest BCUT2D eigenvalue weighted by Gasteiger charge is 2.50. The van der Waals surface area contributed by atoms with Crippen LogP contribution < -0.4 is 50.3 Å². The zero-order valence-electron chi connectivity index (χ0n) is 74.9. The number of anilines is 4. The number of azide groups is 2. The molecule has 16 atom stereocenters. The van der Waals surface area contributed by atoms with E-state index in [4.69, 9.17) is 120 Å². The standard InChI is InChI=1S/C38H53N13O18P2.C17H23N5O4.C10H13N5O4.C9H14N3O6P.HO3P/c1-21(50-14-12-27(39)47-35(50)54)66-23(16-63-70(57,58)59)17-64-71(60,61)65-18-26-30(29(52)33(67-26)51-20-45-28-31(40)43-19-44-32(28)51)68-34(53)25(46-37(56)69-38(2,3)4)11-7-8-13-42-36(55)62-15-22-9-5-6-10-24(22)48-49-41;1-4-14(15(5-2)21-22-19)12-26-17(24)20-10-7-6-8-13(3)16(23)25-11-9-18;11-8-5-9(13-2-12-8)15(3-14-5)10-7(18)6(17)4(1-16)19-10;1-6(12-3-2-8(10)11-9(12)14)18-7(4-13)5-17-19(15)16;1-4(2)3/h5-6,9-10,12,14,19-21,23,25-26,29-30,33,52H,7-8,11,13,15-18H2,1-4H3,(H,42,55)(H,46,56)(H,60,61)(H2,39,47,54)(H2,40,43,44)(H2,57,58,59);4-5,13H,1-2,6-8,10-12H2,3H3,(H,20,24);2-4,6-7,10,16-18H,1H2,(H2,11,12,13);2-3,6-7,13H,4-5H2,1H3,(H2-,10,11,14,15,16);(H-,1,2,3)/p+2/b;15-14-;;;/t21-,23-,25+,26-,29-,30-,33-;13-;4-,6-,7-,10-;6-,7-;/m1011./s1. The molecule has 0 aliphatic carbocycles. The lowest BCUT2D eigenvalue weighted by molar-refractivity contribution is -0.159. The second kappa shape index (κ2) is 58.2. The molecule has 6 aromatic heterocycles. The molecule has 22 N–H and O–H groups in total. The molecule has 0 spiro atoms. The molecule has 9 rings (SSSR count). The van der Waals surface area contributed by atoms with Crippen molar-refractivity contribution in [3.8, 4) is 6.07 Å². The number of rotatable bonds is 45. The number of nitrogens with one attached hydrogen (secondary N) is 3. The Hall–Kier alpha value is -12.7. The summed E-state index contributed by atoms with van der Waals surface area (Å²) in [5.74, 6) is -1.65. The maximum atomic E-state index is 14.0. The molecular formula is C74H106N26O35P4+2. The number of hydrogen-bond acceptors (Lipinski definition) is 44. The number of esters is 2. The maximum absolute atomic E-state index is 14.0. The first-order valence-electron chi connectivity index (χ1n) is 40.8. The highest BCUT2D eigenvalue weighted by atomic mass is 31.2. The van der Waals surface area contributed by atoms with Crippen molar-refractivity contribution in [2.24, 2.45) is 16.1 Å². The number of unbranched alkanes of at least 4 members (excludes halogenated alkanes) is 2. The molecule has 2 unspecified atom stereocenters. The van der Waals surface area contributed by atoms with Crippen LogP contribution in [0.2, 0.25) is 0 Å². The Morgan fingerprint density at radius 3 is 1.73 bits per heavy atom. The number of nitriles is 1.